The molecule has 3 nitrogen and oxygen atoms in total. The van der Waals surface area contributed by atoms with Crippen molar-refractivity contribution in [3.63, 3.8) is 0 Å². The minimum Gasteiger partial charge on any atom is -0.384 e. The average molecular weight is 540 g/mol. The van der Waals surface area contributed by atoms with Crippen LogP contribution in [0, 0.1) is 18.8 Å². The summed E-state index contributed by atoms with van der Waals surface area (Å²) in [7, 11) is 0. The van der Waals surface area contributed by atoms with Crippen molar-refractivity contribution in [1.29, 1.82) is 0 Å². The predicted molar refractivity (Wildman–Crippen MR) is 172 cm³/mol. The number of nitrogens with two attached hydrogens (primary N) is 1. The maximum atomic E-state index is 5.90. The molecule has 2 unspecified atom stereocenters. The Morgan fingerprint density at radius 3 is 1.36 bits per heavy atom. The fraction of sp³-hybridized carbons (Fsp3) is 0.861. The maximum absolute atomic E-state index is 5.90. The van der Waals surface area contributed by atoms with E-state index in [4.69, 9.17) is 5.73 Å². The average Bonchev–Trinajstić information content (AvgIpc) is 2.94. The van der Waals surface area contributed by atoms with E-state index in [1.165, 1.54) is 179 Å². The SMILES string of the molecule is Cc1nc(N)ccc1NC1CCCCCCCC(CC2CCCCCCCCCCCCCCC2)CCCC1. The molecule has 2 atom stereocenters. The molecule has 2 aliphatic rings. The van der Waals surface area contributed by atoms with Crippen LogP contribution in [-0.4, -0.2) is 11.0 Å². The Morgan fingerprint density at radius 2 is 0.923 bits per heavy atom. The molecule has 224 valence electrons. The van der Waals surface area contributed by atoms with E-state index in [1.54, 1.807) is 0 Å². The van der Waals surface area contributed by atoms with Crippen LogP contribution in [0.25, 0.3) is 0 Å². The third-order valence-corrected chi connectivity index (χ3v) is 9.94. The van der Waals surface area contributed by atoms with Crippen LogP contribution in [0.5, 0.6) is 0 Å². The fourth-order valence-corrected chi connectivity index (χ4v) is 7.46. The lowest BCUT2D eigenvalue weighted by Gasteiger charge is -2.25. The summed E-state index contributed by atoms with van der Waals surface area (Å²) in [6, 6.07) is 4.64. The fourth-order valence-electron chi connectivity index (χ4n) is 7.46. The van der Waals surface area contributed by atoms with Crippen LogP contribution in [0.3, 0.4) is 0 Å². The Bertz CT molecular complexity index is 716. The van der Waals surface area contributed by atoms with Crippen molar-refractivity contribution in [3.8, 4) is 0 Å². The number of anilines is 2. The van der Waals surface area contributed by atoms with Crippen LogP contribution in [0.2, 0.25) is 0 Å². The molecule has 0 bridgehead atoms. The number of nitrogens with one attached hydrogen (secondary N) is 1. The lowest BCUT2D eigenvalue weighted by atomic mass is 9.82. The largest absolute Gasteiger partial charge is 0.384 e. The van der Waals surface area contributed by atoms with Crippen LogP contribution in [0.15, 0.2) is 12.1 Å². The lowest BCUT2D eigenvalue weighted by Crippen LogP contribution is -2.20. The van der Waals surface area contributed by atoms with E-state index < -0.39 is 0 Å². The highest BCUT2D eigenvalue weighted by Gasteiger charge is 2.18. The third-order valence-electron chi connectivity index (χ3n) is 9.94. The van der Waals surface area contributed by atoms with Crippen LogP contribution >= 0.6 is 0 Å². The second-order valence-corrected chi connectivity index (χ2v) is 13.5. The van der Waals surface area contributed by atoms with Gasteiger partial charge in [0.25, 0.3) is 0 Å². The zero-order chi connectivity index (χ0) is 27.4. The molecule has 1 aromatic rings. The molecule has 3 heteroatoms. The molecule has 0 spiro atoms. The van der Waals surface area contributed by atoms with E-state index >= 15 is 0 Å². The van der Waals surface area contributed by atoms with E-state index in [1.807, 2.05) is 6.07 Å². The monoisotopic (exact) mass is 540 g/mol. The van der Waals surface area contributed by atoms with E-state index in [0.717, 1.165) is 17.5 Å². The number of rotatable bonds is 4. The van der Waals surface area contributed by atoms with Crippen molar-refractivity contribution in [2.75, 3.05) is 11.1 Å². The number of nitrogen functional groups attached to an aromatic ring is 1. The molecule has 0 aliphatic heterocycles. The van der Waals surface area contributed by atoms with Gasteiger partial charge in [-0.15, -0.1) is 0 Å². The summed E-state index contributed by atoms with van der Waals surface area (Å²) < 4.78 is 0. The number of aryl methyl sites for hydroxylation is 1. The molecule has 1 heterocycles. The van der Waals surface area contributed by atoms with Crippen LogP contribution in [0.1, 0.15) is 179 Å². The molecule has 2 saturated carbocycles. The van der Waals surface area contributed by atoms with Crippen molar-refractivity contribution >= 4 is 11.5 Å². The number of hydrogen-bond acceptors (Lipinski definition) is 3. The van der Waals surface area contributed by atoms with Gasteiger partial charge in [0, 0.05) is 6.04 Å². The van der Waals surface area contributed by atoms with Crippen molar-refractivity contribution in [2.24, 2.45) is 11.8 Å². The van der Waals surface area contributed by atoms with E-state index in [9.17, 15) is 0 Å². The lowest BCUT2D eigenvalue weighted by molar-refractivity contribution is 0.282. The molecule has 39 heavy (non-hydrogen) atoms. The van der Waals surface area contributed by atoms with E-state index in [-0.39, 0.29) is 0 Å². The molecule has 3 N–H and O–H groups in total. The normalized spacial score (nSPS) is 25.6. The molecule has 0 aromatic carbocycles. The van der Waals surface area contributed by atoms with Crippen molar-refractivity contribution in [3.05, 3.63) is 17.8 Å². The Balaban J connectivity index is 1.49. The van der Waals surface area contributed by atoms with Gasteiger partial charge in [0.15, 0.2) is 0 Å². The van der Waals surface area contributed by atoms with Crippen LogP contribution in [0.4, 0.5) is 11.5 Å². The Kier molecular flexibility index (Phi) is 17.0. The summed E-state index contributed by atoms with van der Waals surface area (Å²) in [6.07, 6.45) is 39.2. The molecule has 3 rings (SSSR count). The molecular weight excluding hydrogens is 474 g/mol. The van der Waals surface area contributed by atoms with Gasteiger partial charge in [-0.05, 0) is 50.2 Å². The molecule has 2 aliphatic carbocycles. The molecule has 1 aromatic heterocycles. The predicted octanol–water partition coefficient (Wildman–Crippen LogP) is 11.5. The summed E-state index contributed by atoms with van der Waals surface area (Å²) in [5.41, 5.74) is 8.11. The quantitative estimate of drug-likeness (QED) is 0.400. The highest BCUT2D eigenvalue weighted by Crippen LogP contribution is 2.32. The summed E-state index contributed by atoms with van der Waals surface area (Å²) in [4.78, 5) is 4.49. The van der Waals surface area contributed by atoms with E-state index in [0.29, 0.717) is 11.9 Å². The van der Waals surface area contributed by atoms with Crippen molar-refractivity contribution in [1.82, 2.24) is 4.98 Å². The summed E-state index contributed by atoms with van der Waals surface area (Å²) in [5.74, 6) is 2.59. The van der Waals surface area contributed by atoms with Gasteiger partial charge >= 0.3 is 0 Å². The van der Waals surface area contributed by atoms with Gasteiger partial charge in [-0.2, -0.15) is 0 Å². The van der Waals surface area contributed by atoms with Gasteiger partial charge in [-0.3, -0.25) is 0 Å². The summed E-state index contributed by atoms with van der Waals surface area (Å²) >= 11 is 0. The topological polar surface area (TPSA) is 50.9 Å². The highest BCUT2D eigenvalue weighted by molar-refractivity contribution is 5.51. The molecule has 0 amide bonds. The van der Waals surface area contributed by atoms with Gasteiger partial charge in [0.2, 0.25) is 0 Å². The standard InChI is InChI=1S/C36H65N3/c1-31-35(28-29-36(37)38-31)39-34-26-19-15-11-14-18-24-33(25-20-21-27-34)30-32-22-16-12-9-7-5-3-2-4-6-8-10-13-17-23-32/h28-29,32-34,39H,2-27,30H2,1H3,(H2,37,38). The Morgan fingerprint density at radius 1 is 0.564 bits per heavy atom. The first-order valence-corrected chi connectivity index (χ1v) is 17.7. The van der Waals surface area contributed by atoms with Crippen molar-refractivity contribution in [2.45, 2.75) is 186 Å². The van der Waals surface area contributed by atoms with Crippen LogP contribution in [-0.2, 0) is 0 Å². The minimum absolute atomic E-state index is 0.571. The molecular formula is C36H65N3. The first-order valence-electron chi connectivity index (χ1n) is 17.7. The van der Waals surface area contributed by atoms with Gasteiger partial charge < -0.3 is 11.1 Å². The molecule has 2 fully saturated rings. The number of nitrogens with zero attached hydrogens (tertiary/aromatic N) is 1. The Hall–Kier alpha value is -1.25. The van der Waals surface area contributed by atoms with E-state index in [2.05, 4.69) is 23.3 Å². The van der Waals surface area contributed by atoms with Crippen molar-refractivity contribution < 1.29 is 0 Å². The highest BCUT2D eigenvalue weighted by atomic mass is 15.0. The number of hydrogen-bond donors (Lipinski definition) is 2. The Labute approximate surface area is 243 Å². The summed E-state index contributed by atoms with van der Waals surface area (Å²) in [5, 5.41) is 3.85. The number of aromatic nitrogens is 1. The first-order chi connectivity index (χ1) is 19.2. The van der Waals surface area contributed by atoms with Gasteiger partial charge in [0.05, 0.1) is 11.4 Å². The molecule has 0 radical (unpaired) electrons. The number of pyridine rings is 1. The zero-order valence-electron chi connectivity index (χ0n) is 26.0. The maximum Gasteiger partial charge on any atom is 0.123 e. The second-order valence-electron chi connectivity index (χ2n) is 13.5. The zero-order valence-corrected chi connectivity index (χ0v) is 26.0. The minimum atomic E-state index is 0.571. The third kappa shape index (κ3) is 14.8. The van der Waals surface area contributed by atoms with Gasteiger partial charge in [-0.25, -0.2) is 4.98 Å². The smallest absolute Gasteiger partial charge is 0.123 e. The van der Waals surface area contributed by atoms with Gasteiger partial charge in [0.1, 0.15) is 5.82 Å². The van der Waals surface area contributed by atoms with Gasteiger partial charge in [-0.1, -0.05) is 154 Å². The van der Waals surface area contributed by atoms with Crippen LogP contribution < -0.4 is 11.1 Å². The first kappa shape index (κ1) is 32.3. The summed E-state index contributed by atoms with van der Waals surface area (Å²) in [6.45, 7) is 2.08. The second kappa shape index (κ2) is 20.6. The molecule has 0 saturated heterocycles.